The van der Waals surface area contributed by atoms with E-state index in [0.29, 0.717) is 5.41 Å². The lowest BCUT2D eigenvalue weighted by molar-refractivity contribution is 0.148. The van der Waals surface area contributed by atoms with Crippen molar-refractivity contribution in [3.05, 3.63) is 0 Å². The Morgan fingerprint density at radius 3 is 2.00 bits per heavy atom. The summed E-state index contributed by atoms with van der Waals surface area (Å²) in [5.74, 6) is 3.48. The molecule has 0 aromatic rings. The van der Waals surface area contributed by atoms with Gasteiger partial charge in [-0.3, -0.25) is 0 Å². The highest BCUT2D eigenvalue weighted by Crippen LogP contribution is 2.39. The Balaban J connectivity index is 2.16. The molecule has 18 heavy (non-hydrogen) atoms. The monoisotopic (exact) mass is 253 g/mol. The molecule has 0 amide bonds. The van der Waals surface area contributed by atoms with E-state index < -0.39 is 0 Å². The molecule has 1 heteroatoms. The molecule has 0 saturated heterocycles. The van der Waals surface area contributed by atoms with Crippen molar-refractivity contribution in [2.75, 3.05) is 13.1 Å². The van der Waals surface area contributed by atoms with Gasteiger partial charge < -0.3 is 5.32 Å². The van der Waals surface area contributed by atoms with E-state index in [1.54, 1.807) is 0 Å². The smallest absolute Gasteiger partial charge is 0.00204 e. The molecule has 1 fully saturated rings. The first-order chi connectivity index (χ1) is 8.30. The third-order valence-electron chi connectivity index (χ3n) is 5.11. The third kappa shape index (κ3) is 5.30. The van der Waals surface area contributed by atoms with Gasteiger partial charge in [0, 0.05) is 0 Å². The summed E-state index contributed by atoms with van der Waals surface area (Å²) < 4.78 is 0. The van der Waals surface area contributed by atoms with Crippen molar-refractivity contribution in [3.8, 4) is 0 Å². The first kappa shape index (κ1) is 16.0. The van der Waals surface area contributed by atoms with Crippen LogP contribution in [0.5, 0.6) is 0 Å². The molecular weight excluding hydrogens is 218 g/mol. The van der Waals surface area contributed by atoms with Crippen LogP contribution in [0.25, 0.3) is 0 Å². The summed E-state index contributed by atoms with van der Waals surface area (Å²) in [6.07, 6.45) is 5.75. The van der Waals surface area contributed by atoms with Gasteiger partial charge in [0.1, 0.15) is 0 Å². The lowest BCUT2D eigenvalue weighted by Crippen LogP contribution is -2.33. The Kier molecular flexibility index (Phi) is 6.17. The molecule has 0 radical (unpaired) electrons. The first-order valence-electron chi connectivity index (χ1n) is 8.01. The van der Waals surface area contributed by atoms with E-state index in [1.165, 1.54) is 38.8 Å². The second-order valence-electron chi connectivity index (χ2n) is 7.96. The first-order valence-corrected chi connectivity index (χ1v) is 8.01. The van der Waals surface area contributed by atoms with Crippen LogP contribution in [-0.4, -0.2) is 13.1 Å². The van der Waals surface area contributed by atoms with Crippen LogP contribution in [0, 0.1) is 29.1 Å². The summed E-state index contributed by atoms with van der Waals surface area (Å²) in [5, 5.41) is 3.69. The standard InChI is InChI=1S/C17H35N/c1-13(2)14(3)11-18-12-15-7-9-16(10-8-15)17(4,5)6/h13-16,18H,7-12H2,1-6H3. The molecule has 1 atom stereocenters. The third-order valence-corrected chi connectivity index (χ3v) is 5.11. The fourth-order valence-electron chi connectivity index (χ4n) is 2.98. The molecule has 0 aromatic carbocycles. The summed E-state index contributed by atoms with van der Waals surface area (Å²) in [6.45, 7) is 16.6. The highest BCUT2D eigenvalue weighted by Gasteiger charge is 2.29. The van der Waals surface area contributed by atoms with Gasteiger partial charge in [0.05, 0.1) is 0 Å². The Labute approximate surface area is 115 Å². The van der Waals surface area contributed by atoms with Crippen LogP contribution in [0.3, 0.4) is 0 Å². The van der Waals surface area contributed by atoms with Crippen molar-refractivity contribution in [3.63, 3.8) is 0 Å². The largest absolute Gasteiger partial charge is 0.316 e. The van der Waals surface area contributed by atoms with Gasteiger partial charge in [-0.2, -0.15) is 0 Å². The molecule has 108 valence electrons. The minimum Gasteiger partial charge on any atom is -0.316 e. The number of nitrogens with one attached hydrogen (secondary N) is 1. The van der Waals surface area contributed by atoms with Gasteiger partial charge in [-0.1, -0.05) is 41.5 Å². The van der Waals surface area contributed by atoms with Crippen LogP contribution in [-0.2, 0) is 0 Å². The minimum atomic E-state index is 0.518. The Bertz CT molecular complexity index is 218. The average molecular weight is 253 g/mol. The zero-order chi connectivity index (χ0) is 13.8. The predicted octanol–water partition coefficient (Wildman–Crippen LogP) is 4.72. The number of hydrogen-bond donors (Lipinski definition) is 1. The summed E-state index contributed by atoms with van der Waals surface area (Å²) >= 11 is 0. The van der Waals surface area contributed by atoms with E-state index in [9.17, 15) is 0 Å². The Morgan fingerprint density at radius 2 is 1.56 bits per heavy atom. The minimum absolute atomic E-state index is 0.518. The van der Waals surface area contributed by atoms with E-state index in [1.807, 2.05) is 0 Å². The SMILES string of the molecule is CC(C)C(C)CNCC1CCC(C(C)(C)C)CC1. The van der Waals surface area contributed by atoms with E-state index in [4.69, 9.17) is 0 Å². The fraction of sp³-hybridized carbons (Fsp3) is 1.00. The normalized spacial score (nSPS) is 27.5. The lowest BCUT2D eigenvalue weighted by atomic mass is 9.70. The molecule has 1 rings (SSSR count). The maximum absolute atomic E-state index is 3.69. The van der Waals surface area contributed by atoms with Crippen LogP contribution < -0.4 is 5.32 Å². The van der Waals surface area contributed by atoms with Gasteiger partial charge in [0.2, 0.25) is 0 Å². The van der Waals surface area contributed by atoms with Crippen LogP contribution >= 0.6 is 0 Å². The van der Waals surface area contributed by atoms with Gasteiger partial charge >= 0.3 is 0 Å². The second-order valence-corrected chi connectivity index (χ2v) is 7.96. The van der Waals surface area contributed by atoms with Crippen molar-refractivity contribution in [2.45, 2.75) is 67.2 Å². The summed E-state index contributed by atoms with van der Waals surface area (Å²) in [6, 6.07) is 0. The topological polar surface area (TPSA) is 12.0 Å². The molecule has 0 bridgehead atoms. The Hall–Kier alpha value is -0.0400. The summed E-state index contributed by atoms with van der Waals surface area (Å²) in [5.41, 5.74) is 0.518. The second kappa shape index (κ2) is 6.93. The van der Waals surface area contributed by atoms with Gasteiger partial charge in [-0.25, -0.2) is 0 Å². The highest BCUT2D eigenvalue weighted by atomic mass is 14.9. The molecule has 1 aliphatic carbocycles. The molecule has 0 aliphatic heterocycles. The van der Waals surface area contributed by atoms with E-state index in [2.05, 4.69) is 46.9 Å². The van der Waals surface area contributed by atoms with Gasteiger partial charge in [0.15, 0.2) is 0 Å². The molecular formula is C17H35N. The summed E-state index contributed by atoms with van der Waals surface area (Å²) in [4.78, 5) is 0. The Morgan fingerprint density at radius 1 is 1.00 bits per heavy atom. The number of rotatable bonds is 5. The van der Waals surface area contributed by atoms with Crippen molar-refractivity contribution >= 4 is 0 Å². The van der Waals surface area contributed by atoms with Crippen LogP contribution in [0.1, 0.15) is 67.2 Å². The van der Waals surface area contributed by atoms with Gasteiger partial charge in [-0.15, -0.1) is 0 Å². The maximum Gasteiger partial charge on any atom is -0.00204 e. The van der Waals surface area contributed by atoms with E-state index in [-0.39, 0.29) is 0 Å². The zero-order valence-electron chi connectivity index (χ0n) is 13.6. The van der Waals surface area contributed by atoms with Crippen molar-refractivity contribution < 1.29 is 0 Å². The fourth-order valence-corrected chi connectivity index (χ4v) is 2.98. The molecule has 0 spiro atoms. The average Bonchev–Trinajstić information content (AvgIpc) is 2.28. The number of hydrogen-bond acceptors (Lipinski definition) is 1. The molecule has 1 N–H and O–H groups in total. The maximum atomic E-state index is 3.69. The van der Waals surface area contributed by atoms with Crippen molar-refractivity contribution in [1.82, 2.24) is 5.32 Å². The molecule has 0 heterocycles. The van der Waals surface area contributed by atoms with Crippen LogP contribution in [0.15, 0.2) is 0 Å². The van der Waals surface area contributed by atoms with E-state index in [0.717, 1.165) is 23.7 Å². The van der Waals surface area contributed by atoms with Crippen molar-refractivity contribution in [2.24, 2.45) is 29.1 Å². The van der Waals surface area contributed by atoms with Gasteiger partial charge in [-0.05, 0) is 67.9 Å². The van der Waals surface area contributed by atoms with Crippen LogP contribution in [0.2, 0.25) is 0 Å². The predicted molar refractivity (Wildman–Crippen MR) is 81.8 cm³/mol. The molecule has 1 nitrogen and oxygen atoms in total. The lowest BCUT2D eigenvalue weighted by Gasteiger charge is -2.37. The molecule has 0 aromatic heterocycles. The van der Waals surface area contributed by atoms with E-state index >= 15 is 0 Å². The molecule has 1 aliphatic rings. The molecule has 1 saturated carbocycles. The molecule has 1 unspecified atom stereocenters. The van der Waals surface area contributed by atoms with Crippen molar-refractivity contribution in [1.29, 1.82) is 0 Å². The summed E-state index contributed by atoms with van der Waals surface area (Å²) in [7, 11) is 0. The highest BCUT2D eigenvalue weighted by molar-refractivity contribution is 4.81. The van der Waals surface area contributed by atoms with Crippen LogP contribution in [0.4, 0.5) is 0 Å². The van der Waals surface area contributed by atoms with Gasteiger partial charge in [0.25, 0.3) is 0 Å². The quantitative estimate of drug-likeness (QED) is 0.747. The zero-order valence-corrected chi connectivity index (χ0v) is 13.6.